The van der Waals surface area contributed by atoms with E-state index in [1.54, 1.807) is 60.7 Å². The van der Waals surface area contributed by atoms with Crippen LogP contribution in [0.25, 0.3) is 17.3 Å². The van der Waals surface area contributed by atoms with Gasteiger partial charge in [0.05, 0.1) is 29.5 Å². The van der Waals surface area contributed by atoms with Gasteiger partial charge in [-0.25, -0.2) is 18.9 Å². The molecule has 0 radical (unpaired) electrons. The first-order valence-corrected chi connectivity index (χ1v) is 15.3. The van der Waals surface area contributed by atoms with Gasteiger partial charge in [0.1, 0.15) is 11.4 Å². The number of halogens is 3. The molecule has 3 aromatic rings. The summed E-state index contributed by atoms with van der Waals surface area (Å²) < 4.78 is 21.1. The van der Waals surface area contributed by atoms with Crippen LogP contribution in [0.4, 0.5) is 9.18 Å². The SMILES string of the molecule is CC(C)(C)OC(=O)N1C/C(=C\c2ccc(F)cc2)c2c(c(C(=O)NN3CC4CCCC4C3)nn2-c2ccc(Cl)cc2Cl)C1. The smallest absolute Gasteiger partial charge is 0.410 e. The molecule has 0 spiro atoms. The van der Waals surface area contributed by atoms with E-state index in [0.29, 0.717) is 44.4 Å². The van der Waals surface area contributed by atoms with E-state index < -0.39 is 11.7 Å². The van der Waals surface area contributed by atoms with Crippen LogP contribution in [-0.4, -0.2) is 56.9 Å². The number of hydrogen-bond donors (Lipinski definition) is 1. The van der Waals surface area contributed by atoms with E-state index in [0.717, 1.165) is 18.7 Å². The zero-order valence-corrected chi connectivity index (χ0v) is 25.9. The number of nitrogens with one attached hydrogen (secondary N) is 1. The number of fused-ring (bicyclic) bond motifs is 2. The van der Waals surface area contributed by atoms with Crippen molar-refractivity contribution in [3.8, 4) is 5.69 Å². The summed E-state index contributed by atoms with van der Waals surface area (Å²) in [5.74, 6) is 0.470. The number of carbonyl (C=O) groups excluding carboxylic acids is 2. The van der Waals surface area contributed by atoms with Gasteiger partial charge in [0.2, 0.25) is 0 Å². The highest BCUT2D eigenvalue weighted by Gasteiger charge is 2.39. The van der Waals surface area contributed by atoms with Crippen molar-refractivity contribution in [1.82, 2.24) is 25.1 Å². The largest absolute Gasteiger partial charge is 0.444 e. The zero-order chi connectivity index (χ0) is 30.5. The normalized spacial score (nSPS) is 21.2. The molecule has 6 rings (SSSR count). The standard InChI is InChI=1S/C32H34Cl2FN5O3/c1-32(2,3)43-31(42)38-15-22(13-19-7-10-24(35)11-8-19)29-25(18-38)28(36-40(29)27-12-9-23(33)14-26(27)34)30(41)37-39-16-20-5-4-6-21(20)17-39/h7-14,20-21H,4-6,15-18H2,1-3H3,(H,37,41)/b22-13+. The fourth-order valence-corrected chi connectivity index (χ4v) is 6.81. The number of amides is 2. The van der Waals surface area contributed by atoms with E-state index in [-0.39, 0.29) is 30.5 Å². The summed E-state index contributed by atoms with van der Waals surface area (Å²) in [6.07, 6.45) is 4.94. The summed E-state index contributed by atoms with van der Waals surface area (Å²) in [7, 11) is 0. The number of ether oxygens (including phenoxy) is 1. The monoisotopic (exact) mass is 625 g/mol. The summed E-state index contributed by atoms with van der Waals surface area (Å²) in [6, 6.07) is 11.1. The van der Waals surface area contributed by atoms with Crippen molar-refractivity contribution < 1.29 is 18.7 Å². The fraction of sp³-hybridized carbons (Fsp3) is 0.406. The highest BCUT2D eigenvalue weighted by Crippen LogP contribution is 2.38. The summed E-state index contributed by atoms with van der Waals surface area (Å²) >= 11 is 12.9. The summed E-state index contributed by atoms with van der Waals surface area (Å²) in [6.45, 7) is 7.31. The Labute approximate surface area is 260 Å². The average molecular weight is 627 g/mol. The van der Waals surface area contributed by atoms with Gasteiger partial charge in [-0.3, -0.25) is 15.1 Å². The molecule has 1 saturated heterocycles. The molecule has 2 atom stereocenters. The van der Waals surface area contributed by atoms with Crippen LogP contribution < -0.4 is 5.43 Å². The molecule has 8 nitrogen and oxygen atoms in total. The minimum atomic E-state index is -0.715. The highest BCUT2D eigenvalue weighted by atomic mass is 35.5. The molecule has 0 bridgehead atoms. The van der Waals surface area contributed by atoms with Crippen molar-refractivity contribution in [2.45, 2.75) is 52.2 Å². The van der Waals surface area contributed by atoms with Gasteiger partial charge in [-0.15, -0.1) is 0 Å². The molecule has 2 fully saturated rings. The molecule has 2 aliphatic heterocycles. The van der Waals surface area contributed by atoms with Gasteiger partial charge < -0.3 is 4.74 Å². The number of hydrogen-bond acceptors (Lipinski definition) is 5. The lowest BCUT2D eigenvalue weighted by atomic mass is 9.97. The fourth-order valence-electron chi connectivity index (χ4n) is 6.32. The maximum atomic E-state index is 13.9. The van der Waals surface area contributed by atoms with E-state index in [2.05, 4.69) is 5.43 Å². The van der Waals surface area contributed by atoms with E-state index in [9.17, 15) is 14.0 Å². The van der Waals surface area contributed by atoms with Crippen LogP contribution in [0.15, 0.2) is 42.5 Å². The lowest BCUT2D eigenvalue weighted by Crippen LogP contribution is -2.43. The minimum Gasteiger partial charge on any atom is -0.444 e. The quantitative estimate of drug-likeness (QED) is 0.338. The van der Waals surface area contributed by atoms with Crippen LogP contribution in [0.3, 0.4) is 0 Å². The number of hydrazine groups is 1. The van der Waals surface area contributed by atoms with Crippen molar-refractivity contribution >= 4 is 46.9 Å². The molecule has 1 aliphatic carbocycles. The van der Waals surface area contributed by atoms with E-state index >= 15 is 0 Å². The lowest BCUT2D eigenvalue weighted by molar-refractivity contribution is 0.0253. The Morgan fingerprint density at radius 3 is 2.40 bits per heavy atom. The van der Waals surface area contributed by atoms with E-state index in [1.165, 1.54) is 31.4 Å². The Hall–Kier alpha value is -3.40. The maximum absolute atomic E-state index is 13.9. The molecule has 1 aromatic heterocycles. The Morgan fingerprint density at radius 2 is 1.74 bits per heavy atom. The molecule has 11 heteroatoms. The first-order valence-electron chi connectivity index (χ1n) is 14.5. The summed E-state index contributed by atoms with van der Waals surface area (Å²) in [5.41, 5.74) is 5.70. The molecular formula is C32H34Cl2FN5O3. The van der Waals surface area contributed by atoms with E-state index in [1.807, 2.05) is 11.1 Å². The topological polar surface area (TPSA) is 79.7 Å². The Bertz CT molecular complexity index is 1590. The first kappa shape index (κ1) is 29.7. The van der Waals surface area contributed by atoms with Crippen molar-refractivity contribution in [3.05, 3.63) is 80.8 Å². The highest BCUT2D eigenvalue weighted by molar-refractivity contribution is 6.35. The Balaban J connectivity index is 1.46. The average Bonchev–Trinajstić information content (AvgIpc) is 3.63. The first-order chi connectivity index (χ1) is 20.4. The van der Waals surface area contributed by atoms with Crippen molar-refractivity contribution in [2.24, 2.45) is 11.8 Å². The Morgan fingerprint density at radius 1 is 1.05 bits per heavy atom. The molecule has 2 aromatic carbocycles. The molecule has 3 aliphatic rings. The van der Waals surface area contributed by atoms with Crippen LogP contribution in [0.1, 0.15) is 67.3 Å². The number of nitrogens with zero attached hydrogens (tertiary/aromatic N) is 4. The second-order valence-electron chi connectivity index (χ2n) is 12.5. The van der Waals surface area contributed by atoms with Crippen LogP contribution in [0, 0.1) is 17.7 Å². The Kier molecular flexibility index (Phi) is 8.00. The zero-order valence-electron chi connectivity index (χ0n) is 24.4. The van der Waals surface area contributed by atoms with Crippen molar-refractivity contribution in [2.75, 3.05) is 19.6 Å². The van der Waals surface area contributed by atoms with Gasteiger partial charge in [-0.2, -0.15) is 5.10 Å². The molecule has 3 heterocycles. The number of carbonyl (C=O) groups is 2. The molecule has 43 heavy (non-hydrogen) atoms. The predicted molar refractivity (Wildman–Crippen MR) is 164 cm³/mol. The number of aromatic nitrogens is 2. The van der Waals surface area contributed by atoms with Crippen LogP contribution >= 0.6 is 23.2 Å². The van der Waals surface area contributed by atoms with Gasteiger partial charge in [-0.1, -0.05) is 41.8 Å². The molecule has 226 valence electrons. The number of benzene rings is 2. The van der Waals surface area contributed by atoms with Crippen LogP contribution in [-0.2, 0) is 11.3 Å². The number of rotatable bonds is 4. The minimum absolute atomic E-state index is 0.101. The van der Waals surface area contributed by atoms with Crippen molar-refractivity contribution in [1.29, 1.82) is 0 Å². The summed E-state index contributed by atoms with van der Waals surface area (Å²) in [4.78, 5) is 28.8. The van der Waals surface area contributed by atoms with Gasteiger partial charge in [0.25, 0.3) is 5.91 Å². The van der Waals surface area contributed by atoms with E-state index in [4.69, 9.17) is 33.0 Å². The molecular weight excluding hydrogens is 592 g/mol. The molecule has 1 saturated carbocycles. The summed E-state index contributed by atoms with van der Waals surface area (Å²) in [5, 5.41) is 7.62. The maximum Gasteiger partial charge on any atom is 0.410 e. The van der Waals surface area contributed by atoms with Gasteiger partial charge in [0, 0.05) is 23.7 Å². The van der Waals surface area contributed by atoms with Crippen LogP contribution in [0.5, 0.6) is 0 Å². The van der Waals surface area contributed by atoms with Gasteiger partial charge >= 0.3 is 6.09 Å². The van der Waals surface area contributed by atoms with Crippen molar-refractivity contribution in [3.63, 3.8) is 0 Å². The third-order valence-electron chi connectivity index (χ3n) is 8.20. The predicted octanol–water partition coefficient (Wildman–Crippen LogP) is 6.99. The van der Waals surface area contributed by atoms with Crippen LogP contribution in [0.2, 0.25) is 10.0 Å². The second kappa shape index (κ2) is 11.6. The third kappa shape index (κ3) is 6.30. The third-order valence-corrected chi connectivity index (χ3v) is 8.74. The molecule has 1 N–H and O–H groups in total. The van der Waals surface area contributed by atoms with Gasteiger partial charge in [-0.05, 0) is 93.0 Å². The molecule has 2 amide bonds. The van der Waals surface area contributed by atoms with Gasteiger partial charge in [0.15, 0.2) is 5.69 Å². The molecule has 2 unspecified atom stereocenters. The lowest BCUT2D eigenvalue weighted by Gasteiger charge is -2.32. The second-order valence-corrected chi connectivity index (χ2v) is 13.4.